The molecule has 1 unspecified atom stereocenters. The lowest BCUT2D eigenvalue weighted by molar-refractivity contribution is -0.122. The zero-order valence-corrected chi connectivity index (χ0v) is 16.4. The van der Waals surface area contributed by atoms with Crippen molar-refractivity contribution in [1.82, 2.24) is 9.88 Å². The maximum Gasteiger partial charge on any atom is 0.231 e. The predicted molar refractivity (Wildman–Crippen MR) is 107 cm³/mol. The first-order valence-corrected chi connectivity index (χ1v) is 10.4. The van der Waals surface area contributed by atoms with Gasteiger partial charge in [-0.15, -0.1) is 11.3 Å². The van der Waals surface area contributed by atoms with Gasteiger partial charge in [-0.1, -0.05) is 17.7 Å². The molecule has 6 nitrogen and oxygen atoms in total. The van der Waals surface area contributed by atoms with Crippen LogP contribution in [0.1, 0.15) is 25.0 Å². The summed E-state index contributed by atoms with van der Waals surface area (Å²) in [5.41, 5.74) is 1.71. The summed E-state index contributed by atoms with van der Waals surface area (Å²) in [5, 5.41) is 6.04. The number of carbonyl (C=O) groups is 2. The van der Waals surface area contributed by atoms with Gasteiger partial charge in [0, 0.05) is 35.6 Å². The van der Waals surface area contributed by atoms with Crippen molar-refractivity contribution in [3.63, 3.8) is 0 Å². The van der Waals surface area contributed by atoms with Gasteiger partial charge in [-0.2, -0.15) is 0 Å². The monoisotopic (exact) mass is 404 g/mol. The van der Waals surface area contributed by atoms with E-state index in [-0.39, 0.29) is 24.2 Å². The van der Waals surface area contributed by atoms with Crippen LogP contribution in [-0.4, -0.2) is 41.3 Å². The molecule has 1 aromatic carbocycles. The van der Waals surface area contributed by atoms with Crippen molar-refractivity contribution in [1.29, 1.82) is 0 Å². The zero-order valence-electron chi connectivity index (χ0n) is 14.9. The minimum Gasteiger partial charge on any atom is -0.312 e. The van der Waals surface area contributed by atoms with E-state index in [1.165, 1.54) is 24.2 Å². The number of nitrogens with one attached hydrogen (secondary N) is 1. The highest BCUT2D eigenvalue weighted by Gasteiger charge is 2.35. The topological polar surface area (TPSA) is 65.5 Å². The molecule has 0 aliphatic carbocycles. The van der Waals surface area contributed by atoms with Crippen LogP contribution in [0.25, 0.3) is 0 Å². The van der Waals surface area contributed by atoms with Gasteiger partial charge in [0.2, 0.25) is 11.8 Å². The molecule has 4 rings (SSSR count). The molecule has 27 heavy (non-hydrogen) atoms. The first-order chi connectivity index (χ1) is 13.1. The molecule has 2 aliphatic rings. The molecule has 142 valence electrons. The molecular weight excluding hydrogens is 384 g/mol. The predicted octanol–water partition coefficient (Wildman–Crippen LogP) is 3.38. The highest BCUT2D eigenvalue weighted by molar-refractivity contribution is 7.13. The molecule has 0 saturated carbocycles. The van der Waals surface area contributed by atoms with Gasteiger partial charge < -0.3 is 10.2 Å². The Balaban J connectivity index is 1.36. The lowest BCUT2D eigenvalue weighted by Gasteiger charge is -2.16. The minimum absolute atomic E-state index is 0.0636. The van der Waals surface area contributed by atoms with Crippen molar-refractivity contribution in [3.05, 3.63) is 40.4 Å². The molecule has 8 heteroatoms. The van der Waals surface area contributed by atoms with Crippen molar-refractivity contribution in [2.24, 2.45) is 5.92 Å². The molecule has 0 radical (unpaired) electrons. The van der Waals surface area contributed by atoms with Crippen LogP contribution >= 0.6 is 22.9 Å². The highest BCUT2D eigenvalue weighted by atomic mass is 35.5. The Morgan fingerprint density at radius 3 is 2.93 bits per heavy atom. The summed E-state index contributed by atoms with van der Waals surface area (Å²) in [5.74, 6) is -0.608. The Morgan fingerprint density at radius 1 is 1.33 bits per heavy atom. The molecule has 0 spiro atoms. The third kappa shape index (κ3) is 4.31. The Morgan fingerprint density at radius 2 is 2.15 bits per heavy atom. The first kappa shape index (κ1) is 18.4. The Bertz CT molecular complexity index is 850. The molecule has 2 aliphatic heterocycles. The van der Waals surface area contributed by atoms with Crippen LogP contribution in [0.5, 0.6) is 0 Å². The van der Waals surface area contributed by atoms with Crippen LogP contribution in [0.4, 0.5) is 10.8 Å². The van der Waals surface area contributed by atoms with Gasteiger partial charge in [-0.05, 0) is 44.1 Å². The van der Waals surface area contributed by atoms with Crippen molar-refractivity contribution >= 4 is 45.6 Å². The van der Waals surface area contributed by atoms with Crippen LogP contribution < -0.4 is 10.2 Å². The summed E-state index contributed by atoms with van der Waals surface area (Å²) in [6.07, 6.45) is 2.68. The molecule has 2 fully saturated rings. The fraction of sp³-hybridized carbons (Fsp3) is 0.421. The van der Waals surface area contributed by atoms with E-state index in [0.29, 0.717) is 16.7 Å². The second kappa shape index (κ2) is 7.96. The number of likely N-dealkylation sites (tertiary alicyclic amines) is 1. The second-order valence-electron chi connectivity index (χ2n) is 7.00. The molecule has 1 N–H and O–H groups in total. The lowest BCUT2D eigenvalue weighted by Crippen LogP contribution is -2.28. The quantitative estimate of drug-likeness (QED) is 0.829. The van der Waals surface area contributed by atoms with E-state index in [9.17, 15) is 9.59 Å². The molecule has 2 aromatic rings. The molecule has 2 saturated heterocycles. The zero-order chi connectivity index (χ0) is 18.8. The van der Waals surface area contributed by atoms with Crippen molar-refractivity contribution in [2.45, 2.75) is 25.8 Å². The highest BCUT2D eigenvalue weighted by Crippen LogP contribution is 2.28. The largest absolute Gasteiger partial charge is 0.312 e. The summed E-state index contributed by atoms with van der Waals surface area (Å²) >= 11 is 7.45. The number of hydrogen-bond acceptors (Lipinski definition) is 5. The Kier molecular flexibility index (Phi) is 5.43. The number of aromatic nitrogens is 1. The normalized spacial score (nSPS) is 20.4. The fourth-order valence-electron chi connectivity index (χ4n) is 3.59. The summed E-state index contributed by atoms with van der Waals surface area (Å²) in [4.78, 5) is 33.5. The van der Waals surface area contributed by atoms with E-state index in [4.69, 9.17) is 11.6 Å². The van der Waals surface area contributed by atoms with E-state index in [2.05, 4.69) is 15.2 Å². The van der Waals surface area contributed by atoms with Gasteiger partial charge in [0.15, 0.2) is 5.13 Å². The maximum atomic E-state index is 12.6. The summed E-state index contributed by atoms with van der Waals surface area (Å²) in [6, 6.07) is 7.13. The van der Waals surface area contributed by atoms with E-state index < -0.39 is 0 Å². The maximum absolute atomic E-state index is 12.6. The summed E-state index contributed by atoms with van der Waals surface area (Å²) in [6.45, 7) is 3.42. The van der Waals surface area contributed by atoms with Crippen LogP contribution in [0.15, 0.2) is 29.6 Å². The molecule has 0 bridgehead atoms. The Hall–Kier alpha value is -1.96. The molecule has 3 heterocycles. The number of benzene rings is 1. The van der Waals surface area contributed by atoms with Gasteiger partial charge in [0.05, 0.1) is 11.6 Å². The van der Waals surface area contributed by atoms with Crippen molar-refractivity contribution in [2.75, 3.05) is 29.9 Å². The van der Waals surface area contributed by atoms with Crippen LogP contribution in [0.2, 0.25) is 5.02 Å². The minimum atomic E-state index is -0.387. The number of nitrogens with zero attached hydrogens (tertiary/aromatic N) is 3. The van der Waals surface area contributed by atoms with Gasteiger partial charge in [0.1, 0.15) is 0 Å². The van der Waals surface area contributed by atoms with Crippen LogP contribution in [0.3, 0.4) is 0 Å². The average Bonchev–Trinajstić information content (AvgIpc) is 3.37. The van der Waals surface area contributed by atoms with Gasteiger partial charge in [-0.25, -0.2) is 4.98 Å². The number of halogens is 1. The second-order valence-corrected chi connectivity index (χ2v) is 8.30. The van der Waals surface area contributed by atoms with Crippen molar-refractivity contribution < 1.29 is 9.59 Å². The third-order valence-corrected chi connectivity index (χ3v) is 6.02. The lowest BCUT2D eigenvalue weighted by atomic mass is 10.1. The smallest absolute Gasteiger partial charge is 0.231 e. The number of amides is 2. The molecular formula is C19H21ClN4O2S. The van der Waals surface area contributed by atoms with Gasteiger partial charge in [0.25, 0.3) is 0 Å². The molecule has 1 atom stereocenters. The third-order valence-electron chi connectivity index (χ3n) is 4.98. The molecule has 2 amide bonds. The van der Waals surface area contributed by atoms with Crippen molar-refractivity contribution in [3.8, 4) is 0 Å². The number of anilines is 2. The summed E-state index contributed by atoms with van der Waals surface area (Å²) in [7, 11) is 0. The fourth-order valence-corrected chi connectivity index (χ4v) is 4.48. The van der Waals surface area contributed by atoms with E-state index in [1.807, 2.05) is 11.4 Å². The van der Waals surface area contributed by atoms with E-state index >= 15 is 0 Å². The SMILES string of the molecule is O=C(Nc1nc(CN2CCCC2)cs1)C1CC(=O)N(c2cccc(Cl)c2)C1. The van der Waals surface area contributed by atoms with E-state index in [1.54, 1.807) is 23.1 Å². The number of hydrogen-bond donors (Lipinski definition) is 1. The van der Waals surface area contributed by atoms with E-state index in [0.717, 1.165) is 31.0 Å². The average molecular weight is 405 g/mol. The Labute approximate surface area is 167 Å². The first-order valence-electron chi connectivity index (χ1n) is 9.12. The van der Waals surface area contributed by atoms with Gasteiger partial charge in [-0.3, -0.25) is 14.5 Å². The summed E-state index contributed by atoms with van der Waals surface area (Å²) < 4.78 is 0. The molecule has 1 aromatic heterocycles. The van der Waals surface area contributed by atoms with Gasteiger partial charge >= 0.3 is 0 Å². The number of thiazole rings is 1. The number of carbonyl (C=O) groups excluding carboxylic acids is 2. The van der Waals surface area contributed by atoms with Crippen LogP contribution in [-0.2, 0) is 16.1 Å². The van der Waals surface area contributed by atoms with Crippen LogP contribution in [0, 0.1) is 5.92 Å². The number of rotatable bonds is 5. The standard InChI is InChI=1S/C19H21ClN4O2S/c20-14-4-3-5-16(9-14)24-10-13(8-17(24)25)18(26)22-19-21-15(12-27-19)11-23-6-1-2-7-23/h3-5,9,12-13H,1-2,6-8,10-11H2,(H,21,22,26).